The van der Waals surface area contributed by atoms with Gasteiger partial charge in [-0.15, -0.1) is 0 Å². The van der Waals surface area contributed by atoms with Crippen molar-refractivity contribution in [3.8, 4) is 0 Å². The van der Waals surface area contributed by atoms with E-state index >= 15 is 0 Å². The third-order valence-electron chi connectivity index (χ3n) is 1.93. The minimum Gasteiger partial charge on any atom is -0.404 e. The van der Waals surface area contributed by atoms with Gasteiger partial charge < -0.3 is 15.2 Å². The molecule has 2 rings (SSSR count). The smallest absolute Gasteiger partial charge is 0.222 e. The predicted molar refractivity (Wildman–Crippen MR) is 36.5 cm³/mol. The molecular formula is C7H9NO3. The molecule has 2 aliphatic heterocycles. The van der Waals surface area contributed by atoms with Crippen molar-refractivity contribution < 1.29 is 14.3 Å². The topological polar surface area (TPSA) is 61.6 Å². The maximum atomic E-state index is 11.2. The Kier molecular flexibility index (Phi) is 1.44. The van der Waals surface area contributed by atoms with Crippen molar-refractivity contribution >= 4 is 5.78 Å². The summed E-state index contributed by atoms with van der Waals surface area (Å²) in [4.78, 5) is 11.2. The van der Waals surface area contributed by atoms with E-state index in [1.54, 1.807) is 0 Å². The highest BCUT2D eigenvalue weighted by Crippen LogP contribution is 2.27. The molecule has 2 bridgehead atoms. The van der Waals surface area contributed by atoms with Gasteiger partial charge in [0.2, 0.25) is 12.1 Å². The van der Waals surface area contributed by atoms with Crippen LogP contribution in [0, 0.1) is 0 Å². The van der Waals surface area contributed by atoms with Crippen molar-refractivity contribution in [2.24, 2.45) is 5.73 Å². The van der Waals surface area contributed by atoms with Crippen LogP contribution in [0.2, 0.25) is 0 Å². The molecule has 0 aliphatic carbocycles. The normalized spacial score (nSPS) is 40.0. The van der Waals surface area contributed by atoms with E-state index in [1.807, 2.05) is 0 Å². The molecule has 2 heterocycles. The van der Waals surface area contributed by atoms with Crippen LogP contribution in [0.1, 0.15) is 6.42 Å². The van der Waals surface area contributed by atoms with E-state index in [9.17, 15) is 4.79 Å². The van der Waals surface area contributed by atoms with E-state index < -0.39 is 6.29 Å². The molecule has 4 nitrogen and oxygen atoms in total. The summed E-state index contributed by atoms with van der Waals surface area (Å²) in [5, 5.41) is 0. The zero-order valence-electron chi connectivity index (χ0n) is 5.95. The quantitative estimate of drug-likeness (QED) is 0.481. The Hall–Kier alpha value is -0.870. The molecule has 0 radical (unpaired) electrons. The van der Waals surface area contributed by atoms with Crippen molar-refractivity contribution in [1.82, 2.24) is 0 Å². The summed E-state index contributed by atoms with van der Waals surface area (Å²) in [6.07, 6.45) is 1.29. The summed E-state index contributed by atoms with van der Waals surface area (Å²) in [7, 11) is 0. The molecule has 2 fully saturated rings. The van der Waals surface area contributed by atoms with Gasteiger partial charge in [-0.05, 0) is 0 Å². The zero-order valence-corrected chi connectivity index (χ0v) is 5.95. The standard InChI is InChI=1S/C7H9NO3/c8-2-4-1-5-3-10-7(11-5)6(4)9/h2,5,7H,1,3,8H2/b4-2+/t5-,7+/m0/s1. The lowest BCUT2D eigenvalue weighted by Gasteiger charge is -2.18. The fourth-order valence-corrected chi connectivity index (χ4v) is 1.34. The van der Waals surface area contributed by atoms with Gasteiger partial charge in [0.25, 0.3) is 0 Å². The Bertz CT molecular complexity index is 224. The first kappa shape index (κ1) is 6.82. The van der Waals surface area contributed by atoms with Gasteiger partial charge in [-0.25, -0.2) is 0 Å². The highest BCUT2D eigenvalue weighted by molar-refractivity contribution is 5.98. The molecule has 0 unspecified atom stereocenters. The molecule has 60 valence electrons. The number of Topliss-reactive ketones (excluding diaryl/α,β-unsaturated/α-hetero) is 1. The molecule has 4 heteroatoms. The van der Waals surface area contributed by atoms with Crippen molar-refractivity contribution in [3.05, 3.63) is 11.8 Å². The lowest BCUT2D eigenvalue weighted by molar-refractivity contribution is -0.146. The van der Waals surface area contributed by atoms with E-state index in [0.29, 0.717) is 18.6 Å². The second-order valence-electron chi connectivity index (χ2n) is 2.68. The highest BCUT2D eigenvalue weighted by Gasteiger charge is 2.39. The Balaban J connectivity index is 2.25. The van der Waals surface area contributed by atoms with Gasteiger partial charge in [-0.2, -0.15) is 0 Å². The maximum Gasteiger partial charge on any atom is 0.222 e. The number of carbonyl (C=O) groups excluding carboxylic acids is 1. The van der Waals surface area contributed by atoms with Crippen molar-refractivity contribution in [2.45, 2.75) is 18.8 Å². The average Bonchev–Trinajstić information content (AvgIpc) is 2.42. The van der Waals surface area contributed by atoms with E-state index in [2.05, 4.69) is 0 Å². The zero-order chi connectivity index (χ0) is 7.84. The molecule has 2 N–H and O–H groups in total. The van der Waals surface area contributed by atoms with Crippen LogP contribution in [0.5, 0.6) is 0 Å². The fourth-order valence-electron chi connectivity index (χ4n) is 1.34. The van der Waals surface area contributed by atoms with Crippen LogP contribution in [0.4, 0.5) is 0 Å². The number of hydrogen-bond acceptors (Lipinski definition) is 4. The van der Waals surface area contributed by atoms with Gasteiger partial charge in [-0.1, -0.05) is 0 Å². The Morgan fingerprint density at radius 3 is 3.18 bits per heavy atom. The van der Waals surface area contributed by atoms with E-state index in [4.69, 9.17) is 15.2 Å². The molecule has 0 spiro atoms. The SMILES string of the molecule is N/C=C1\C[C@H]2CO[C@H](O2)C1=O. The molecule has 2 aliphatic rings. The minimum atomic E-state index is -0.677. The van der Waals surface area contributed by atoms with E-state index in [1.165, 1.54) is 6.20 Å². The molecule has 11 heavy (non-hydrogen) atoms. The number of nitrogens with two attached hydrogens (primary N) is 1. The Morgan fingerprint density at radius 1 is 1.64 bits per heavy atom. The van der Waals surface area contributed by atoms with Gasteiger partial charge in [-0.3, -0.25) is 4.79 Å². The van der Waals surface area contributed by atoms with Crippen LogP contribution >= 0.6 is 0 Å². The highest BCUT2D eigenvalue weighted by atomic mass is 16.7. The summed E-state index contributed by atoms with van der Waals surface area (Å²) in [5.41, 5.74) is 5.88. The Morgan fingerprint density at radius 2 is 2.45 bits per heavy atom. The summed E-state index contributed by atoms with van der Waals surface area (Å²) in [6, 6.07) is 0. The van der Waals surface area contributed by atoms with Gasteiger partial charge in [0, 0.05) is 18.2 Å². The molecule has 0 saturated carbocycles. The minimum absolute atomic E-state index is 0.0347. The molecule has 2 saturated heterocycles. The van der Waals surface area contributed by atoms with Crippen LogP contribution in [-0.2, 0) is 14.3 Å². The van der Waals surface area contributed by atoms with Crippen molar-refractivity contribution in [1.29, 1.82) is 0 Å². The van der Waals surface area contributed by atoms with Gasteiger partial charge in [0.05, 0.1) is 12.7 Å². The molecule has 0 aromatic heterocycles. The Labute approximate surface area is 64.0 Å². The van der Waals surface area contributed by atoms with Crippen LogP contribution in [0.15, 0.2) is 11.8 Å². The second kappa shape index (κ2) is 2.32. The monoisotopic (exact) mass is 155 g/mol. The van der Waals surface area contributed by atoms with Crippen molar-refractivity contribution in [2.75, 3.05) is 6.61 Å². The number of fused-ring (bicyclic) bond motifs is 2. The van der Waals surface area contributed by atoms with Gasteiger partial charge in [0.1, 0.15) is 0 Å². The molecular weight excluding hydrogens is 146 g/mol. The fraction of sp³-hybridized carbons (Fsp3) is 0.571. The third-order valence-corrected chi connectivity index (χ3v) is 1.93. The largest absolute Gasteiger partial charge is 0.404 e. The first-order valence-corrected chi connectivity index (χ1v) is 3.53. The lowest BCUT2D eigenvalue weighted by atomic mass is 10.0. The average molecular weight is 155 g/mol. The van der Waals surface area contributed by atoms with Crippen LogP contribution in [0.25, 0.3) is 0 Å². The molecule has 0 aromatic carbocycles. The summed E-state index contributed by atoms with van der Waals surface area (Å²) < 4.78 is 10.2. The van der Waals surface area contributed by atoms with Crippen molar-refractivity contribution in [3.63, 3.8) is 0 Å². The first-order chi connectivity index (χ1) is 5.31. The molecule has 0 aromatic rings. The van der Waals surface area contributed by atoms with Crippen LogP contribution in [-0.4, -0.2) is 24.8 Å². The number of hydrogen-bond donors (Lipinski definition) is 1. The number of ketones is 1. The lowest BCUT2D eigenvalue weighted by Crippen LogP contribution is -2.30. The van der Waals surface area contributed by atoms with Gasteiger partial charge >= 0.3 is 0 Å². The number of carbonyl (C=O) groups is 1. The van der Waals surface area contributed by atoms with E-state index in [0.717, 1.165) is 0 Å². The predicted octanol–water partition coefficient (Wildman–Crippen LogP) is -0.457. The maximum absolute atomic E-state index is 11.2. The van der Waals surface area contributed by atoms with Crippen LogP contribution < -0.4 is 5.73 Å². The molecule has 0 amide bonds. The summed E-state index contributed by atoms with van der Waals surface area (Å²) in [5.74, 6) is -0.124. The third kappa shape index (κ3) is 0.948. The number of rotatable bonds is 0. The van der Waals surface area contributed by atoms with E-state index in [-0.39, 0.29) is 11.9 Å². The molecule has 2 atom stereocenters. The summed E-state index contributed by atoms with van der Waals surface area (Å²) in [6.45, 7) is 0.508. The number of ether oxygens (including phenoxy) is 2. The first-order valence-electron chi connectivity index (χ1n) is 3.53. The van der Waals surface area contributed by atoms with Gasteiger partial charge in [0.15, 0.2) is 0 Å². The van der Waals surface area contributed by atoms with Crippen LogP contribution in [0.3, 0.4) is 0 Å². The second-order valence-corrected chi connectivity index (χ2v) is 2.68. The summed E-state index contributed by atoms with van der Waals surface area (Å²) >= 11 is 0.